The first kappa shape index (κ1) is 12.5. The van der Waals surface area contributed by atoms with Gasteiger partial charge in [0.15, 0.2) is 0 Å². The van der Waals surface area contributed by atoms with Crippen LogP contribution in [0.4, 0.5) is 0 Å². The Labute approximate surface area is 83.5 Å². The Bertz CT molecular complexity index is 165. The van der Waals surface area contributed by atoms with Crippen LogP contribution >= 0.6 is 0 Å². The predicted molar refractivity (Wildman–Crippen MR) is 62.5 cm³/mol. The Hall–Kier alpha value is -0.503. The van der Waals surface area contributed by atoms with Gasteiger partial charge in [-0.25, -0.2) is 0 Å². The lowest BCUT2D eigenvalue weighted by Gasteiger charge is -2.06. The highest BCUT2D eigenvalue weighted by molar-refractivity contribution is 6.80. The molecular formula is C11H22OSi. The van der Waals surface area contributed by atoms with Crippen molar-refractivity contribution in [2.24, 2.45) is 0 Å². The molecule has 0 aliphatic heterocycles. The lowest BCUT2D eigenvalue weighted by molar-refractivity contribution is 0.244. The van der Waals surface area contributed by atoms with Gasteiger partial charge in [0.2, 0.25) is 0 Å². The van der Waals surface area contributed by atoms with Crippen LogP contribution < -0.4 is 0 Å². The summed E-state index contributed by atoms with van der Waals surface area (Å²) in [5.41, 5.74) is 2.30. The van der Waals surface area contributed by atoms with Gasteiger partial charge in [0, 0.05) is 0 Å². The number of rotatable bonds is 6. The quantitative estimate of drug-likeness (QED) is 0.273. The monoisotopic (exact) mass is 198 g/mol. The Morgan fingerprint density at radius 3 is 2.38 bits per heavy atom. The second kappa shape index (κ2) is 6.95. The van der Waals surface area contributed by atoms with Crippen LogP contribution in [-0.2, 0) is 4.74 Å². The molecule has 0 amide bonds. The first-order valence-electron chi connectivity index (χ1n) is 5.02. The molecule has 0 aromatic heterocycles. The Morgan fingerprint density at radius 1 is 1.15 bits per heavy atom. The molecule has 76 valence electrons. The van der Waals surface area contributed by atoms with Gasteiger partial charge in [-0.1, -0.05) is 44.8 Å². The minimum absolute atomic E-state index is 0.841. The van der Waals surface area contributed by atoms with E-state index in [1.54, 1.807) is 6.26 Å². The molecule has 0 aliphatic carbocycles. The first-order valence-corrected chi connectivity index (χ1v) is 8.60. The van der Waals surface area contributed by atoms with Crippen LogP contribution in [0.2, 0.25) is 19.6 Å². The van der Waals surface area contributed by atoms with Crippen LogP contribution in [-0.4, -0.2) is 14.7 Å². The van der Waals surface area contributed by atoms with Crippen molar-refractivity contribution in [3.8, 4) is 0 Å². The third-order valence-corrected chi connectivity index (χ3v) is 2.69. The van der Waals surface area contributed by atoms with Crippen LogP contribution in [0.1, 0.15) is 19.8 Å². The van der Waals surface area contributed by atoms with Gasteiger partial charge in [-0.15, -0.1) is 0 Å². The standard InChI is InChI=1S/C11H22OSi/c1-5-6-9-12-10-7-8-11-13(2,3)4/h7-8,10-11H,5-6,9H2,1-4H3/b10-7+,11-8+. The lowest BCUT2D eigenvalue weighted by Crippen LogP contribution is -2.14. The van der Waals surface area contributed by atoms with E-state index >= 15 is 0 Å². The zero-order valence-corrected chi connectivity index (χ0v) is 10.3. The molecule has 0 aliphatic rings. The first-order chi connectivity index (χ1) is 6.06. The van der Waals surface area contributed by atoms with Crippen molar-refractivity contribution in [2.45, 2.75) is 39.4 Å². The molecule has 0 unspecified atom stereocenters. The average Bonchev–Trinajstić information content (AvgIpc) is 2.01. The van der Waals surface area contributed by atoms with E-state index in [-0.39, 0.29) is 0 Å². The number of hydrogen-bond donors (Lipinski definition) is 0. The van der Waals surface area contributed by atoms with Crippen LogP contribution in [0.3, 0.4) is 0 Å². The highest BCUT2D eigenvalue weighted by Crippen LogP contribution is 2.01. The van der Waals surface area contributed by atoms with Gasteiger partial charge in [0.25, 0.3) is 0 Å². The van der Waals surface area contributed by atoms with Crippen molar-refractivity contribution >= 4 is 8.07 Å². The largest absolute Gasteiger partial charge is 0.501 e. The maximum Gasteiger partial charge on any atom is 0.0873 e. The predicted octanol–water partition coefficient (Wildman–Crippen LogP) is 3.75. The van der Waals surface area contributed by atoms with Crippen LogP contribution in [0, 0.1) is 0 Å². The second-order valence-electron chi connectivity index (χ2n) is 4.28. The van der Waals surface area contributed by atoms with Crippen molar-refractivity contribution in [2.75, 3.05) is 6.61 Å². The molecule has 2 heteroatoms. The zero-order chi connectivity index (χ0) is 10.2. The van der Waals surface area contributed by atoms with Crippen LogP contribution in [0.25, 0.3) is 0 Å². The molecule has 0 fully saturated rings. The van der Waals surface area contributed by atoms with Crippen molar-refractivity contribution in [1.29, 1.82) is 0 Å². The van der Waals surface area contributed by atoms with Crippen molar-refractivity contribution in [1.82, 2.24) is 0 Å². The van der Waals surface area contributed by atoms with Crippen molar-refractivity contribution < 1.29 is 4.74 Å². The smallest absolute Gasteiger partial charge is 0.0873 e. The highest BCUT2D eigenvalue weighted by Gasteiger charge is 2.05. The summed E-state index contributed by atoms with van der Waals surface area (Å²) < 4.78 is 5.27. The van der Waals surface area contributed by atoms with E-state index in [1.807, 2.05) is 6.08 Å². The molecule has 0 bridgehead atoms. The molecule has 0 rings (SSSR count). The Balaban J connectivity index is 3.46. The summed E-state index contributed by atoms with van der Waals surface area (Å²) in [4.78, 5) is 0. The van der Waals surface area contributed by atoms with E-state index in [4.69, 9.17) is 4.74 Å². The fourth-order valence-corrected chi connectivity index (χ4v) is 1.43. The molecule has 0 atom stereocenters. The van der Waals surface area contributed by atoms with Gasteiger partial charge in [-0.3, -0.25) is 0 Å². The fourth-order valence-electron chi connectivity index (χ4n) is 0.741. The number of unbranched alkanes of at least 4 members (excludes halogenated alkanes) is 1. The summed E-state index contributed by atoms with van der Waals surface area (Å²) in [7, 11) is -1.02. The number of ether oxygens (including phenoxy) is 1. The summed E-state index contributed by atoms with van der Waals surface area (Å²) in [6, 6.07) is 0. The van der Waals surface area contributed by atoms with Crippen LogP contribution in [0.15, 0.2) is 24.1 Å². The Kier molecular flexibility index (Phi) is 6.68. The van der Waals surface area contributed by atoms with E-state index in [0.717, 1.165) is 13.0 Å². The van der Waals surface area contributed by atoms with E-state index in [0.29, 0.717) is 0 Å². The van der Waals surface area contributed by atoms with Crippen molar-refractivity contribution in [3.05, 3.63) is 24.1 Å². The van der Waals surface area contributed by atoms with Crippen LogP contribution in [0.5, 0.6) is 0 Å². The highest BCUT2D eigenvalue weighted by atomic mass is 28.3. The van der Waals surface area contributed by atoms with Gasteiger partial charge >= 0.3 is 0 Å². The molecule has 0 saturated heterocycles. The fraction of sp³-hybridized carbons (Fsp3) is 0.636. The molecular weight excluding hydrogens is 176 g/mol. The summed E-state index contributed by atoms with van der Waals surface area (Å²) in [5, 5.41) is 0. The molecule has 0 heterocycles. The van der Waals surface area contributed by atoms with Gasteiger partial charge in [-0.05, 0) is 12.5 Å². The molecule has 0 aromatic rings. The van der Waals surface area contributed by atoms with E-state index in [9.17, 15) is 0 Å². The maximum atomic E-state index is 5.27. The topological polar surface area (TPSA) is 9.23 Å². The number of hydrogen-bond acceptors (Lipinski definition) is 1. The molecule has 0 saturated carbocycles. The molecule has 1 nitrogen and oxygen atoms in total. The van der Waals surface area contributed by atoms with Crippen molar-refractivity contribution in [3.63, 3.8) is 0 Å². The number of allylic oxidation sites excluding steroid dienone is 2. The van der Waals surface area contributed by atoms with E-state index in [2.05, 4.69) is 38.3 Å². The lowest BCUT2D eigenvalue weighted by atomic mass is 10.4. The molecule has 0 radical (unpaired) electrons. The summed E-state index contributed by atoms with van der Waals surface area (Å²) >= 11 is 0. The van der Waals surface area contributed by atoms with Gasteiger partial charge < -0.3 is 4.74 Å². The summed E-state index contributed by atoms with van der Waals surface area (Å²) in [5.74, 6) is 0. The normalized spacial score (nSPS) is 12.9. The van der Waals surface area contributed by atoms with E-state index < -0.39 is 8.07 Å². The second-order valence-corrected chi connectivity index (χ2v) is 9.34. The summed E-state index contributed by atoms with van der Waals surface area (Å²) in [6.07, 6.45) is 8.19. The zero-order valence-electron chi connectivity index (χ0n) is 9.34. The summed E-state index contributed by atoms with van der Waals surface area (Å²) in [6.45, 7) is 9.95. The third-order valence-electron chi connectivity index (χ3n) is 1.50. The van der Waals surface area contributed by atoms with Gasteiger partial charge in [0.1, 0.15) is 0 Å². The Morgan fingerprint density at radius 2 is 1.85 bits per heavy atom. The molecule has 13 heavy (non-hydrogen) atoms. The third kappa shape index (κ3) is 11.5. The molecule has 0 spiro atoms. The minimum atomic E-state index is -1.02. The molecule has 0 N–H and O–H groups in total. The average molecular weight is 198 g/mol. The van der Waals surface area contributed by atoms with Gasteiger partial charge in [0.05, 0.1) is 20.9 Å². The molecule has 0 aromatic carbocycles. The van der Waals surface area contributed by atoms with E-state index in [1.165, 1.54) is 6.42 Å². The maximum absolute atomic E-state index is 5.27. The SMILES string of the molecule is CCCCO/C=C/C=C/[Si](C)(C)C. The van der Waals surface area contributed by atoms with Gasteiger partial charge in [-0.2, -0.15) is 0 Å². The minimum Gasteiger partial charge on any atom is -0.501 e.